The first kappa shape index (κ1) is 19.9. The molecule has 0 aromatic heterocycles. The second-order valence-corrected chi connectivity index (χ2v) is 7.10. The van der Waals surface area contributed by atoms with E-state index in [9.17, 15) is 8.42 Å². The largest absolute Gasteiger partial charge is 0.355 e. The van der Waals surface area contributed by atoms with Gasteiger partial charge in [0.2, 0.25) is 10.0 Å². The molecule has 0 saturated heterocycles. The van der Waals surface area contributed by atoms with Crippen molar-refractivity contribution in [3.8, 4) is 0 Å². The molecule has 1 aliphatic carbocycles. The second-order valence-electron chi connectivity index (χ2n) is 5.27. The zero-order chi connectivity index (χ0) is 14.3. The number of sulfonamides is 1. The lowest BCUT2D eigenvalue weighted by Crippen LogP contribution is -2.46. The first-order valence-electron chi connectivity index (χ1n) is 6.82. The third-order valence-corrected chi connectivity index (χ3v) is 4.09. The zero-order valence-corrected chi connectivity index (χ0v) is 15.6. The van der Waals surface area contributed by atoms with Crippen LogP contribution in [0.2, 0.25) is 0 Å². The van der Waals surface area contributed by atoms with E-state index in [2.05, 4.69) is 27.3 Å². The highest BCUT2D eigenvalue weighted by molar-refractivity contribution is 14.0. The lowest BCUT2D eigenvalue weighted by molar-refractivity contribution is 0.329. The number of halogens is 1. The van der Waals surface area contributed by atoms with Crippen LogP contribution in [0.5, 0.6) is 0 Å². The van der Waals surface area contributed by atoms with E-state index in [1.54, 1.807) is 7.05 Å². The van der Waals surface area contributed by atoms with Crippen molar-refractivity contribution in [1.29, 1.82) is 0 Å². The van der Waals surface area contributed by atoms with Gasteiger partial charge in [-0.1, -0.05) is 6.92 Å². The van der Waals surface area contributed by atoms with Gasteiger partial charge in [-0.25, -0.2) is 13.1 Å². The van der Waals surface area contributed by atoms with Gasteiger partial charge < -0.3 is 10.6 Å². The quantitative estimate of drug-likeness (QED) is 0.268. The summed E-state index contributed by atoms with van der Waals surface area (Å²) in [5, 5.41) is 6.50. The van der Waals surface area contributed by atoms with Gasteiger partial charge in [0.1, 0.15) is 0 Å². The number of hydrogen-bond donors (Lipinski definition) is 3. The minimum absolute atomic E-state index is 0. The van der Waals surface area contributed by atoms with E-state index < -0.39 is 10.0 Å². The maximum Gasteiger partial charge on any atom is 0.208 e. The summed E-state index contributed by atoms with van der Waals surface area (Å²) in [6, 6.07) is 0.477. The molecule has 0 aromatic carbocycles. The average Bonchev–Trinajstić information content (AvgIpc) is 2.34. The molecule has 1 aliphatic rings. The monoisotopic (exact) mass is 418 g/mol. The van der Waals surface area contributed by atoms with Gasteiger partial charge in [-0.3, -0.25) is 4.99 Å². The Morgan fingerprint density at radius 1 is 1.20 bits per heavy atom. The predicted octanol–water partition coefficient (Wildman–Crippen LogP) is 0.897. The van der Waals surface area contributed by atoms with Crippen LogP contribution < -0.4 is 15.4 Å². The molecule has 8 heteroatoms. The summed E-state index contributed by atoms with van der Waals surface area (Å²) in [6.45, 7) is 3.18. The molecular formula is C12H27IN4O2S. The fourth-order valence-electron chi connectivity index (χ4n) is 2.21. The van der Waals surface area contributed by atoms with Crippen molar-refractivity contribution in [2.24, 2.45) is 10.9 Å². The van der Waals surface area contributed by atoms with Gasteiger partial charge in [0, 0.05) is 26.2 Å². The van der Waals surface area contributed by atoms with Crippen molar-refractivity contribution < 1.29 is 8.42 Å². The molecule has 0 amide bonds. The van der Waals surface area contributed by atoms with E-state index in [-0.39, 0.29) is 24.0 Å². The molecule has 1 rings (SSSR count). The highest BCUT2D eigenvalue weighted by Crippen LogP contribution is 2.23. The van der Waals surface area contributed by atoms with E-state index in [0.29, 0.717) is 19.1 Å². The maximum atomic E-state index is 10.9. The summed E-state index contributed by atoms with van der Waals surface area (Å²) < 4.78 is 24.3. The minimum atomic E-state index is -3.11. The van der Waals surface area contributed by atoms with Crippen LogP contribution in [0.4, 0.5) is 0 Å². The van der Waals surface area contributed by atoms with Crippen molar-refractivity contribution in [1.82, 2.24) is 15.4 Å². The SMILES string of the molecule is CN=C(NCCNS(C)(=O)=O)NC1CCC(C)CC1.I. The Labute approximate surface area is 139 Å². The molecule has 0 heterocycles. The van der Waals surface area contributed by atoms with Gasteiger partial charge >= 0.3 is 0 Å². The van der Waals surface area contributed by atoms with E-state index in [0.717, 1.165) is 18.1 Å². The van der Waals surface area contributed by atoms with Crippen LogP contribution in [0.15, 0.2) is 4.99 Å². The average molecular weight is 418 g/mol. The molecule has 20 heavy (non-hydrogen) atoms. The summed E-state index contributed by atoms with van der Waals surface area (Å²) in [7, 11) is -1.39. The second kappa shape index (κ2) is 9.78. The van der Waals surface area contributed by atoms with E-state index >= 15 is 0 Å². The fraction of sp³-hybridized carbons (Fsp3) is 0.917. The number of nitrogens with one attached hydrogen (secondary N) is 3. The molecule has 120 valence electrons. The number of rotatable bonds is 5. The molecule has 0 bridgehead atoms. The summed E-state index contributed by atoms with van der Waals surface area (Å²) in [5.41, 5.74) is 0. The lowest BCUT2D eigenvalue weighted by Gasteiger charge is -2.28. The van der Waals surface area contributed by atoms with E-state index in [1.165, 1.54) is 25.7 Å². The van der Waals surface area contributed by atoms with Gasteiger partial charge in [-0.15, -0.1) is 24.0 Å². The maximum absolute atomic E-state index is 10.9. The Kier molecular flexibility index (Phi) is 9.73. The molecule has 6 nitrogen and oxygen atoms in total. The van der Waals surface area contributed by atoms with Crippen LogP contribution in [-0.4, -0.2) is 46.8 Å². The van der Waals surface area contributed by atoms with E-state index in [4.69, 9.17) is 0 Å². The smallest absolute Gasteiger partial charge is 0.208 e. The topological polar surface area (TPSA) is 82.6 Å². The van der Waals surface area contributed by atoms with Crippen LogP contribution in [0.25, 0.3) is 0 Å². The molecule has 1 saturated carbocycles. The molecule has 0 spiro atoms. The van der Waals surface area contributed by atoms with Gasteiger partial charge in [0.25, 0.3) is 0 Å². The predicted molar refractivity (Wildman–Crippen MR) is 94.2 cm³/mol. The fourth-order valence-corrected chi connectivity index (χ4v) is 2.68. The normalized spacial score (nSPS) is 23.9. The molecule has 0 radical (unpaired) electrons. The Hall–Kier alpha value is -0.0900. The number of aliphatic imine (C=N–C) groups is 1. The molecule has 0 atom stereocenters. The molecule has 0 aromatic rings. The van der Waals surface area contributed by atoms with Gasteiger partial charge in [0.15, 0.2) is 5.96 Å². The first-order valence-corrected chi connectivity index (χ1v) is 8.71. The van der Waals surface area contributed by atoms with Crippen molar-refractivity contribution >= 4 is 40.0 Å². The van der Waals surface area contributed by atoms with Crippen LogP contribution in [0.1, 0.15) is 32.6 Å². The Balaban J connectivity index is 0.00000361. The molecular weight excluding hydrogens is 391 g/mol. The van der Waals surface area contributed by atoms with Gasteiger partial charge in [-0.05, 0) is 31.6 Å². The lowest BCUT2D eigenvalue weighted by atomic mass is 9.87. The van der Waals surface area contributed by atoms with Crippen molar-refractivity contribution in [2.45, 2.75) is 38.6 Å². The molecule has 3 N–H and O–H groups in total. The summed E-state index contributed by atoms with van der Waals surface area (Å²) in [6.07, 6.45) is 6.00. The number of nitrogens with zero attached hydrogens (tertiary/aromatic N) is 1. The van der Waals surface area contributed by atoms with Crippen LogP contribution in [0, 0.1) is 5.92 Å². The molecule has 0 aliphatic heterocycles. The third kappa shape index (κ3) is 8.96. The van der Waals surface area contributed by atoms with Crippen molar-refractivity contribution in [3.63, 3.8) is 0 Å². The van der Waals surface area contributed by atoms with Gasteiger partial charge in [-0.2, -0.15) is 0 Å². The minimum Gasteiger partial charge on any atom is -0.355 e. The van der Waals surface area contributed by atoms with Gasteiger partial charge in [0.05, 0.1) is 6.26 Å². The zero-order valence-electron chi connectivity index (χ0n) is 12.5. The summed E-state index contributed by atoms with van der Waals surface area (Å²) >= 11 is 0. The summed E-state index contributed by atoms with van der Waals surface area (Å²) in [4.78, 5) is 4.15. The highest BCUT2D eigenvalue weighted by Gasteiger charge is 2.18. The Bertz CT molecular complexity index is 392. The van der Waals surface area contributed by atoms with Crippen LogP contribution >= 0.6 is 24.0 Å². The molecule has 0 unspecified atom stereocenters. The summed E-state index contributed by atoms with van der Waals surface area (Å²) in [5.74, 6) is 1.57. The molecule has 1 fully saturated rings. The van der Waals surface area contributed by atoms with Crippen molar-refractivity contribution in [2.75, 3.05) is 26.4 Å². The Morgan fingerprint density at radius 2 is 1.80 bits per heavy atom. The standard InChI is InChI=1S/C12H26N4O2S.HI/c1-10-4-6-11(7-5-10)16-12(13-2)14-8-9-15-19(3,17)18;/h10-11,15H,4-9H2,1-3H3,(H2,13,14,16);1H. The van der Waals surface area contributed by atoms with E-state index in [1.807, 2.05) is 0 Å². The van der Waals surface area contributed by atoms with Crippen molar-refractivity contribution in [3.05, 3.63) is 0 Å². The van der Waals surface area contributed by atoms with Crippen LogP contribution in [0.3, 0.4) is 0 Å². The Morgan fingerprint density at radius 3 is 2.30 bits per heavy atom. The number of guanidine groups is 1. The highest BCUT2D eigenvalue weighted by atomic mass is 127. The third-order valence-electron chi connectivity index (χ3n) is 3.36. The van der Waals surface area contributed by atoms with Crippen LogP contribution in [-0.2, 0) is 10.0 Å². The number of hydrogen-bond acceptors (Lipinski definition) is 3. The first-order chi connectivity index (χ1) is 8.90.